The highest BCUT2D eigenvalue weighted by Gasteiger charge is 2.31. The number of aromatic nitrogens is 1. The molecule has 1 unspecified atom stereocenters. The summed E-state index contributed by atoms with van der Waals surface area (Å²) in [7, 11) is 1.46. The maximum atomic E-state index is 13.2. The Hall–Kier alpha value is -4.47. The number of rotatable bonds is 10. The van der Waals surface area contributed by atoms with Crippen molar-refractivity contribution in [2.75, 3.05) is 7.11 Å². The van der Waals surface area contributed by atoms with E-state index in [0.717, 1.165) is 0 Å². The average molecular weight is 510 g/mol. The van der Waals surface area contributed by atoms with Gasteiger partial charge in [-0.05, 0) is 30.5 Å². The molecule has 2 amide bonds. The summed E-state index contributed by atoms with van der Waals surface area (Å²) in [6.45, 7) is 4.99. The molecule has 10 nitrogen and oxygen atoms in total. The Morgan fingerprint density at radius 2 is 1.54 bits per heavy atom. The van der Waals surface area contributed by atoms with E-state index in [9.17, 15) is 24.6 Å². The molecule has 0 aliphatic carbocycles. The van der Waals surface area contributed by atoms with E-state index in [4.69, 9.17) is 9.47 Å². The number of carbonyl (C=O) groups is 3. The van der Waals surface area contributed by atoms with Crippen LogP contribution in [-0.4, -0.2) is 46.1 Å². The van der Waals surface area contributed by atoms with Crippen LogP contribution in [0.4, 0.5) is 4.79 Å². The Morgan fingerprint density at radius 1 is 0.919 bits per heavy atom. The zero-order valence-corrected chi connectivity index (χ0v) is 21.1. The molecule has 0 spiro atoms. The molecule has 2 atom stereocenters. The lowest BCUT2D eigenvalue weighted by Crippen LogP contribution is -2.46. The quantitative estimate of drug-likeness (QED) is 0.259. The molecule has 0 saturated carbocycles. The highest BCUT2D eigenvalue weighted by molar-refractivity contribution is 6.05. The first-order chi connectivity index (χ1) is 17.6. The van der Waals surface area contributed by atoms with Crippen LogP contribution in [0, 0.1) is 12.8 Å². The molecule has 3 rings (SSSR count). The van der Waals surface area contributed by atoms with E-state index in [1.807, 2.05) is 6.07 Å². The number of ether oxygens (including phenoxy) is 2. The van der Waals surface area contributed by atoms with Crippen molar-refractivity contribution < 1.29 is 34.1 Å². The monoisotopic (exact) mass is 509 g/mol. The molecule has 1 aromatic heterocycles. The summed E-state index contributed by atoms with van der Waals surface area (Å²) in [6.07, 6.45) is -0.976. The number of hydrogen-bond acceptors (Lipinski definition) is 7. The molecule has 3 aromatic rings. The van der Waals surface area contributed by atoms with Crippen molar-refractivity contribution in [3.8, 4) is 23.3 Å². The summed E-state index contributed by atoms with van der Waals surface area (Å²) in [5.41, 5.74) is 0.756. The van der Waals surface area contributed by atoms with Gasteiger partial charge < -0.3 is 30.3 Å². The fourth-order valence-corrected chi connectivity index (χ4v) is 3.89. The molecule has 0 bridgehead atoms. The fourth-order valence-electron chi connectivity index (χ4n) is 3.89. The minimum absolute atomic E-state index is 0.0883. The van der Waals surface area contributed by atoms with E-state index in [1.165, 1.54) is 14.0 Å². The van der Waals surface area contributed by atoms with Gasteiger partial charge in [0.2, 0.25) is 11.8 Å². The molecule has 196 valence electrons. The van der Waals surface area contributed by atoms with Gasteiger partial charge in [0.1, 0.15) is 0 Å². The van der Waals surface area contributed by atoms with Gasteiger partial charge in [0.15, 0.2) is 23.2 Å². The Balaban J connectivity index is 1.77. The SMILES string of the molecule is COc1ccccc1OC(=O)NC(CC(=O)N[C@H](C(=O)c1c(O)[nH]c(O)c1C)C(C)C)c1ccccc1. The van der Waals surface area contributed by atoms with Gasteiger partial charge in [0.25, 0.3) is 0 Å². The molecule has 0 aliphatic heterocycles. The summed E-state index contributed by atoms with van der Waals surface area (Å²) < 4.78 is 10.6. The molecule has 2 aromatic carbocycles. The lowest BCUT2D eigenvalue weighted by Gasteiger charge is -2.24. The third kappa shape index (κ3) is 6.60. The largest absolute Gasteiger partial charge is 0.494 e. The van der Waals surface area contributed by atoms with Gasteiger partial charge in [0, 0.05) is 5.56 Å². The molecule has 0 fully saturated rings. The third-order valence-electron chi connectivity index (χ3n) is 5.87. The van der Waals surface area contributed by atoms with E-state index in [1.54, 1.807) is 62.4 Å². The Kier molecular flexibility index (Phi) is 8.78. The summed E-state index contributed by atoms with van der Waals surface area (Å²) in [5.74, 6) is -1.58. The summed E-state index contributed by atoms with van der Waals surface area (Å²) in [5, 5.41) is 25.3. The lowest BCUT2D eigenvalue weighted by molar-refractivity contribution is -0.122. The predicted octanol–water partition coefficient (Wildman–Crippen LogP) is 3.99. The second-order valence-electron chi connectivity index (χ2n) is 8.83. The number of carbonyl (C=O) groups excluding carboxylic acids is 3. The number of H-pyrrole nitrogens is 1. The lowest BCUT2D eigenvalue weighted by atomic mass is 9.93. The molecule has 37 heavy (non-hydrogen) atoms. The average Bonchev–Trinajstić information content (AvgIpc) is 3.13. The number of nitrogens with one attached hydrogen (secondary N) is 3. The third-order valence-corrected chi connectivity index (χ3v) is 5.87. The second kappa shape index (κ2) is 12.0. The standard InChI is InChI=1S/C27H31N3O7/c1-15(2)23(24(32)22-16(3)25(33)30-26(22)34)29-21(31)14-18(17-10-6-5-7-11-17)28-27(35)37-20-13-9-8-12-19(20)36-4/h5-13,15,18,23,30,33-34H,14H2,1-4H3,(H,28,35)(H,29,31)/t18?,23-/m0/s1. The van der Waals surface area contributed by atoms with E-state index >= 15 is 0 Å². The first-order valence-corrected chi connectivity index (χ1v) is 11.7. The van der Waals surface area contributed by atoms with Crippen molar-refractivity contribution in [2.45, 2.75) is 39.3 Å². The Bertz CT molecular complexity index is 1250. The molecular weight excluding hydrogens is 478 g/mol. The Labute approximate surface area is 214 Å². The van der Waals surface area contributed by atoms with Crippen LogP contribution in [0.3, 0.4) is 0 Å². The van der Waals surface area contributed by atoms with E-state index in [-0.39, 0.29) is 35.1 Å². The van der Waals surface area contributed by atoms with Crippen molar-refractivity contribution >= 4 is 17.8 Å². The van der Waals surface area contributed by atoms with Gasteiger partial charge in [-0.25, -0.2) is 4.79 Å². The van der Waals surface area contributed by atoms with Crippen LogP contribution in [0.1, 0.15) is 47.8 Å². The molecule has 10 heteroatoms. The van der Waals surface area contributed by atoms with Crippen LogP contribution in [0.25, 0.3) is 0 Å². The van der Waals surface area contributed by atoms with Crippen LogP contribution in [0.5, 0.6) is 23.3 Å². The van der Waals surface area contributed by atoms with Crippen LogP contribution < -0.4 is 20.1 Å². The fraction of sp³-hybridized carbons (Fsp3) is 0.296. The van der Waals surface area contributed by atoms with Crippen LogP contribution >= 0.6 is 0 Å². The number of methoxy groups -OCH3 is 1. The first-order valence-electron chi connectivity index (χ1n) is 11.7. The molecule has 0 radical (unpaired) electrons. The van der Waals surface area contributed by atoms with Gasteiger partial charge in [-0.1, -0.05) is 56.3 Å². The van der Waals surface area contributed by atoms with Crippen molar-refractivity contribution in [2.24, 2.45) is 5.92 Å². The van der Waals surface area contributed by atoms with Gasteiger partial charge in [-0.15, -0.1) is 0 Å². The second-order valence-corrected chi connectivity index (χ2v) is 8.83. The number of para-hydroxylation sites is 2. The number of aromatic amines is 1. The number of benzene rings is 2. The summed E-state index contributed by atoms with van der Waals surface area (Å²) in [6, 6.07) is 13.8. The molecule has 1 heterocycles. The van der Waals surface area contributed by atoms with E-state index < -0.39 is 35.7 Å². The highest BCUT2D eigenvalue weighted by atomic mass is 16.6. The van der Waals surface area contributed by atoms with Crippen molar-refractivity contribution in [3.05, 3.63) is 71.3 Å². The van der Waals surface area contributed by atoms with Gasteiger partial charge in [-0.3, -0.25) is 14.6 Å². The van der Waals surface area contributed by atoms with E-state index in [0.29, 0.717) is 11.3 Å². The number of Topliss-reactive ketones (excluding diaryl/α,β-unsaturated/α-hetero) is 1. The topological polar surface area (TPSA) is 150 Å². The normalized spacial score (nSPS) is 12.5. The van der Waals surface area contributed by atoms with Gasteiger partial charge >= 0.3 is 6.09 Å². The Morgan fingerprint density at radius 3 is 2.11 bits per heavy atom. The maximum absolute atomic E-state index is 13.2. The van der Waals surface area contributed by atoms with Gasteiger partial charge in [0.05, 0.1) is 31.2 Å². The zero-order chi connectivity index (χ0) is 27.1. The maximum Gasteiger partial charge on any atom is 0.413 e. The molecule has 0 aliphatic rings. The number of hydrogen-bond donors (Lipinski definition) is 5. The van der Waals surface area contributed by atoms with Gasteiger partial charge in [-0.2, -0.15) is 0 Å². The minimum Gasteiger partial charge on any atom is -0.494 e. The van der Waals surface area contributed by atoms with Crippen molar-refractivity contribution in [1.29, 1.82) is 0 Å². The minimum atomic E-state index is -0.982. The van der Waals surface area contributed by atoms with Crippen LogP contribution in [0.15, 0.2) is 54.6 Å². The highest BCUT2D eigenvalue weighted by Crippen LogP contribution is 2.30. The number of ketones is 1. The number of aromatic hydroxyl groups is 2. The van der Waals surface area contributed by atoms with Crippen molar-refractivity contribution in [3.63, 3.8) is 0 Å². The van der Waals surface area contributed by atoms with Crippen molar-refractivity contribution in [1.82, 2.24) is 15.6 Å². The van der Waals surface area contributed by atoms with Crippen LogP contribution in [0.2, 0.25) is 0 Å². The predicted molar refractivity (Wildman–Crippen MR) is 136 cm³/mol. The van der Waals surface area contributed by atoms with Crippen LogP contribution in [-0.2, 0) is 4.79 Å². The first kappa shape index (κ1) is 27.1. The number of amides is 2. The summed E-state index contributed by atoms with van der Waals surface area (Å²) in [4.78, 5) is 41.3. The smallest absolute Gasteiger partial charge is 0.413 e. The zero-order valence-electron chi connectivity index (χ0n) is 21.1. The summed E-state index contributed by atoms with van der Waals surface area (Å²) >= 11 is 0. The molecule has 0 saturated heterocycles. The van der Waals surface area contributed by atoms with E-state index in [2.05, 4.69) is 15.6 Å². The molecular formula is C27H31N3O7. The molecule has 5 N–H and O–H groups in total.